The molecule has 0 aliphatic heterocycles. The van der Waals surface area contributed by atoms with Crippen molar-refractivity contribution >= 4 is 23.4 Å². The van der Waals surface area contributed by atoms with Crippen molar-refractivity contribution in [2.45, 2.75) is 6.92 Å². The molecule has 0 radical (unpaired) electrons. The Morgan fingerprint density at radius 2 is 2.16 bits per heavy atom. The molecule has 0 aliphatic rings. The highest BCUT2D eigenvalue weighted by Crippen LogP contribution is 2.32. The second-order valence-corrected chi connectivity index (χ2v) is 4.33. The zero-order valence-corrected chi connectivity index (χ0v) is 10.8. The molecule has 1 aromatic heterocycles. The summed E-state index contributed by atoms with van der Waals surface area (Å²) in [5.74, 6) is -0.217. The number of rotatable bonds is 2. The van der Waals surface area contributed by atoms with E-state index in [2.05, 4.69) is 9.72 Å². The van der Waals surface area contributed by atoms with E-state index in [1.165, 1.54) is 0 Å². The summed E-state index contributed by atoms with van der Waals surface area (Å²) < 4.78 is 4.51. The fourth-order valence-electron chi connectivity index (χ4n) is 1.63. The number of halogens is 1. The van der Waals surface area contributed by atoms with Crippen LogP contribution in [0.4, 0.5) is 10.5 Å². The second kappa shape index (κ2) is 5.16. The molecule has 0 atom stereocenters. The normalized spacial score (nSPS) is 10.2. The summed E-state index contributed by atoms with van der Waals surface area (Å²) >= 11 is 5.85. The molecule has 2 rings (SSSR count). The third-order valence-electron chi connectivity index (χ3n) is 2.45. The summed E-state index contributed by atoms with van der Waals surface area (Å²) in [6.07, 6.45) is -1.49. The van der Waals surface area contributed by atoms with Crippen molar-refractivity contribution in [1.82, 2.24) is 4.98 Å². The number of nitrogens with two attached hydrogens (primary N) is 1. The standard InChI is InChI=1S/C13H11ClN2O3/c1-7-3-2-4-8(5-7)10-6-9(15)11(14)12(16-10)19-13(17)18/h2-6H,1H3,(H2,15,16)(H,17,18). The van der Waals surface area contributed by atoms with E-state index in [9.17, 15) is 4.79 Å². The summed E-state index contributed by atoms with van der Waals surface area (Å²) in [5.41, 5.74) is 8.30. The van der Waals surface area contributed by atoms with Gasteiger partial charge in [0.2, 0.25) is 5.88 Å². The highest BCUT2D eigenvalue weighted by Gasteiger charge is 2.14. The fraction of sp³-hybridized carbons (Fsp3) is 0.0769. The molecular formula is C13H11ClN2O3. The van der Waals surface area contributed by atoms with E-state index in [4.69, 9.17) is 22.4 Å². The van der Waals surface area contributed by atoms with Crippen LogP contribution in [0.2, 0.25) is 5.02 Å². The summed E-state index contributed by atoms with van der Waals surface area (Å²) in [4.78, 5) is 14.6. The Balaban J connectivity index is 2.53. The summed E-state index contributed by atoms with van der Waals surface area (Å²) in [6.45, 7) is 1.94. The maximum atomic E-state index is 10.6. The largest absolute Gasteiger partial charge is 0.512 e. The number of anilines is 1. The molecule has 3 N–H and O–H groups in total. The Hall–Kier alpha value is -2.27. The number of aryl methyl sites for hydroxylation is 1. The van der Waals surface area contributed by atoms with Gasteiger partial charge >= 0.3 is 6.16 Å². The van der Waals surface area contributed by atoms with Crippen LogP contribution >= 0.6 is 11.6 Å². The first-order valence-corrected chi connectivity index (χ1v) is 5.79. The monoisotopic (exact) mass is 278 g/mol. The topological polar surface area (TPSA) is 85.4 Å². The highest BCUT2D eigenvalue weighted by molar-refractivity contribution is 6.34. The molecule has 0 bridgehead atoms. The molecule has 1 aromatic carbocycles. The minimum atomic E-state index is -1.49. The van der Waals surface area contributed by atoms with E-state index in [1.54, 1.807) is 6.07 Å². The van der Waals surface area contributed by atoms with Crippen molar-refractivity contribution in [3.63, 3.8) is 0 Å². The minimum Gasteiger partial charge on any atom is -0.449 e. The number of pyridine rings is 1. The Kier molecular flexibility index (Phi) is 3.57. The van der Waals surface area contributed by atoms with E-state index in [1.807, 2.05) is 31.2 Å². The third kappa shape index (κ3) is 2.95. The number of hydrogen-bond acceptors (Lipinski definition) is 4. The molecule has 0 fully saturated rings. The molecule has 0 amide bonds. The maximum absolute atomic E-state index is 10.6. The van der Waals surface area contributed by atoms with Crippen molar-refractivity contribution < 1.29 is 14.6 Å². The number of carboxylic acid groups (broad SMARTS) is 1. The Morgan fingerprint density at radius 3 is 2.79 bits per heavy atom. The van der Waals surface area contributed by atoms with Gasteiger partial charge in [-0.1, -0.05) is 35.4 Å². The number of nitrogens with zero attached hydrogens (tertiary/aromatic N) is 1. The predicted molar refractivity (Wildman–Crippen MR) is 72.5 cm³/mol. The van der Waals surface area contributed by atoms with E-state index in [0.717, 1.165) is 11.1 Å². The average molecular weight is 279 g/mol. The molecule has 19 heavy (non-hydrogen) atoms. The summed E-state index contributed by atoms with van der Waals surface area (Å²) in [7, 11) is 0. The molecule has 0 saturated heterocycles. The second-order valence-electron chi connectivity index (χ2n) is 3.95. The van der Waals surface area contributed by atoms with Crippen LogP contribution in [0.5, 0.6) is 5.88 Å². The Bertz CT molecular complexity index is 644. The van der Waals surface area contributed by atoms with E-state index < -0.39 is 6.16 Å². The first-order valence-electron chi connectivity index (χ1n) is 5.41. The molecule has 2 aromatic rings. The van der Waals surface area contributed by atoms with Crippen molar-refractivity contribution in [3.05, 3.63) is 40.9 Å². The van der Waals surface area contributed by atoms with Crippen molar-refractivity contribution in [3.8, 4) is 17.1 Å². The molecule has 0 saturated carbocycles. The molecule has 0 aliphatic carbocycles. The van der Waals surface area contributed by atoms with Crippen molar-refractivity contribution in [1.29, 1.82) is 0 Å². The van der Waals surface area contributed by atoms with Crippen molar-refractivity contribution in [2.75, 3.05) is 5.73 Å². The molecule has 1 heterocycles. The summed E-state index contributed by atoms with van der Waals surface area (Å²) in [6, 6.07) is 9.13. The van der Waals surface area contributed by atoms with E-state index in [0.29, 0.717) is 5.69 Å². The number of aromatic nitrogens is 1. The van der Waals surface area contributed by atoms with Gasteiger partial charge in [-0.2, -0.15) is 0 Å². The predicted octanol–water partition coefficient (Wildman–Crippen LogP) is 3.35. The molecule has 6 heteroatoms. The SMILES string of the molecule is Cc1cccc(-c2cc(N)c(Cl)c(OC(=O)O)n2)c1. The fourth-order valence-corrected chi connectivity index (χ4v) is 1.76. The molecule has 0 unspecified atom stereocenters. The molecule has 0 spiro atoms. The smallest absolute Gasteiger partial charge is 0.449 e. The Morgan fingerprint density at radius 1 is 1.42 bits per heavy atom. The van der Waals surface area contributed by atoms with Crippen LogP contribution in [0.1, 0.15) is 5.56 Å². The van der Waals surface area contributed by atoms with E-state index >= 15 is 0 Å². The van der Waals surface area contributed by atoms with Crippen LogP contribution in [0, 0.1) is 6.92 Å². The van der Waals surface area contributed by atoms with Gasteiger partial charge in [-0.15, -0.1) is 0 Å². The van der Waals surface area contributed by atoms with Crippen molar-refractivity contribution in [2.24, 2.45) is 0 Å². The lowest BCUT2D eigenvalue weighted by atomic mass is 10.1. The first kappa shape index (κ1) is 13.2. The quantitative estimate of drug-likeness (QED) is 0.823. The van der Waals surface area contributed by atoms with Gasteiger partial charge in [-0.3, -0.25) is 0 Å². The lowest BCUT2D eigenvalue weighted by molar-refractivity contribution is 0.142. The highest BCUT2D eigenvalue weighted by atomic mass is 35.5. The molecular weight excluding hydrogens is 268 g/mol. The minimum absolute atomic E-state index is 0.0150. The number of nitrogen functional groups attached to an aromatic ring is 1. The first-order chi connectivity index (χ1) is 8.97. The van der Waals surface area contributed by atoms with Gasteiger partial charge in [0.1, 0.15) is 5.02 Å². The zero-order valence-electron chi connectivity index (χ0n) is 10.1. The zero-order chi connectivity index (χ0) is 14.0. The van der Waals surface area contributed by atoms with E-state index in [-0.39, 0.29) is 16.6 Å². The lowest BCUT2D eigenvalue weighted by Crippen LogP contribution is -2.06. The van der Waals surface area contributed by atoms with Crippen LogP contribution in [-0.2, 0) is 0 Å². The van der Waals surface area contributed by atoms with Gasteiger partial charge in [0.15, 0.2) is 0 Å². The maximum Gasteiger partial charge on any atom is 0.512 e. The lowest BCUT2D eigenvalue weighted by Gasteiger charge is -2.08. The van der Waals surface area contributed by atoms with Crippen LogP contribution in [0.3, 0.4) is 0 Å². The van der Waals surface area contributed by atoms with Crippen LogP contribution < -0.4 is 10.5 Å². The van der Waals surface area contributed by atoms with Crippen LogP contribution in [0.25, 0.3) is 11.3 Å². The van der Waals surface area contributed by atoms with Gasteiger partial charge in [0, 0.05) is 5.56 Å². The van der Waals surface area contributed by atoms with Gasteiger partial charge in [-0.25, -0.2) is 9.78 Å². The number of benzene rings is 1. The average Bonchev–Trinajstić information content (AvgIpc) is 2.34. The Labute approximate surface area is 114 Å². The summed E-state index contributed by atoms with van der Waals surface area (Å²) in [5, 5.41) is 8.61. The molecule has 98 valence electrons. The van der Waals surface area contributed by atoms with Gasteiger partial charge in [0.05, 0.1) is 11.4 Å². The third-order valence-corrected chi connectivity index (χ3v) is 2.83. The van der Waals surface area contributed by atoms with Crippen LogP contribution in [-0.4, -0.2) is 16.2 Å². The van der Waals surface area contributed by atoms with Gasteiger partial charge in [-0.05, 0) is 19.1 Å². The van der Waals surface area contributed by atoms with Gasteiger partial charge < -0.3 is 15.6 Å². The number of ether oxygens (including phenoxy) is 1. The molecule has 5 nitrogen and oxygen atoms in total. The van der Waals surface area contributed by atoms with Crippen LogP contribution in [0.15, 0.2) is 30.3 Å². The number of carbonyl (C=O) groups is 1. The number of hydrogen-bond donors (Lipinski definition) is 2. The van der Waals surface area contributed by atoms with Gasteiger partial charge in [0.25, 0.3) is 0 Å².